The van der Waals surface area contributed by atoms with Gasteiger partial charge in [-0.25, -0.2) is 4.79 Å². The Hall–Kier alpha value is -3.13. The normalized spacial score (nSPS) is 11.4. The molecule has 136 valence electrons. The lowest BCUT2D eigenvalue weighted by molar-refractivity contribution is -0.129. The molecule has 7 nitrogen and oxygen atoms in total. The van der Waals surface area contributed by atoms with Crippen molar-refractivity contribution in [1.29, 1.82) is 0 Å². The molecule has 2 rings (SSSR count). The number of oxime groups is 1. The molecular weight excluding hydrogens is 354 g/mol. The van der Waals surface area contributed by atoms with Crippen molar-refractivity contribution in [2.45, 2.75) is 0 Å². The summed E-state index contributed by atoms with van der Waals surface area (Å²) >= 11 is 1.21. The molecule has 2 N–H and O–H groups in total. The average molecular weight is 373 g/mol. The van der Waals surface area contributed by atoms with Gasteiger partial charge >= 0.3 is 5.97 Å². The molecule has 1 aromatic heterocycles. The molecule has 26 heavy (non-hydrogen) atoms. The maximum atomic E-state index is 12.0. The van der Waals surface area contributed by atoms with Gasteiger partial charge in [0.1, 0.15) is 7.11 Å². The third-order valence-electron chi connectivity index (χ3n) is 3.34. The topological polar surface area (TPSA) is 91.2 Å². The Bertz CT molecular complexity index is 838. The number of anilines is 2. The van der Waals surface area contributed by atoms with Crippen LogP contribution in [0.5, 0.6) is 0 Å². The van der Waals surface area contributed by atoms with Crippen LogP contribution in [0.2, 0.25) is 0 Å². The van der Waals surface area contributed by atoms with Crippen molar-refractivity contribution < 1.29 is 19.5 Å². The van der Waals surface area contributed by atoms with Crippen LogP contribution in [-0.2, 0) is 14.4 Å². The highest BCUT2D eigenvalue weighted by Crippen LogP contribution is 2.21. The van der Waals surface area contributed by atoms with Crippen molar-refractivity contribution in [3.05, 3.63) is 52.9 Å². The first kappa shape index (κ1) is 19.2. The Balaban J connectivity index is 2.02. The number of nitrogens with zero attached hydrogens (tertiary/aromatic N) is 2. The van der Waals surface area contributed by atoms with Gasteiger partial charge in [0, 0.05) is 36.8 Å². The summed E-state index contributed by atoms with van der Waals surface area (Å²) in [4.78, 5) is 29.7. The van der Waals surface area contributed by atoms with Crippen molar-refractivity contribution in [1.82, 2.24) is 0 Å². The van der Waals surface area contributed by atoms with Crippen molar-refractivity contribution >= 4 is 45.7 Å². The average Bonchev–Trinajstić information content (AvgIpc) is 3.05. The molecule has 0 radical (unpaired) electrons. The van der Waals surface area contributed by atoms with Crippen LogP contribution in [0.4, 0.5) is 10.7 Å². The van der Waals surface area contributed by atoms with E-state index in [1.165, 1.54) is 30.6 Å². The fourth-order valence-electron chi connectivity index (χ4n) is 2.05. The van der Waals surface area contributed by atoms with Gasteiger partial charge in [-0.15, -0.1) is 11.3 Å². The lowest BCUT2D eigenvalue weighted by Gasteiger charge is -2.11. The number of carboxylic acid groups (broad SMARTS) is 1. The molecule has 1 aromatic carbocycles. The zero-order chi connectivity index (χ0) is 19.1. The first-order valence-corrected chi connectivity index (χ1v) is 8.48. The highest BCUT2D eigenvalue weighted by molar-refractivity contribution is 7.14. The monoisotopic (exact) mass is 373 g/mol. The van der Waals surface area contributed by atoms with Crippen LogP contribution in [-0.4, -0.2) is 43.9 Å². The van der Waals surface area contributed by atoms with E-state index in [4.69, 9.17) is 5.11 Å². The number of hydrogen-bond donors (Lipinski definition) is 2. The molecule has 0 saturated heterocycles. The van der Waals surface area contributed by atoms with E-state index < -0.39 is 5.97 Å². The third-order valence-corrected chi connectivity index (χ3v) is 4.19. The van der Waals surface area contributed by atoms with E-state index in [0.717, 1.165) is 11.3 Å². The predicted octanol–water partition coefficient (Wildman–Crippen LogP) is 2.90. The highest BCUT2D eigenvalue weighted by atomic mass is 32.1. The van der Waals surface area contributed by atoms with Crippen molar-refractivity contribution in [2.75, 3.05) is 31.4 Å². The van der Waals surface area contributed by atoms with Crippen molar-refractivity contribution in [3.63, 3.8) is 0 Å². The standard InChI is InChI=1S/C18H19N3O4S/c1-21(2)14-7-4-12(5-8-14)6-9-15(22)19-16-10-13(11-26-16)17(18(23)24)20-25-3/h4-11H,1-3H3,(H,19,22)(H,23,24)/b9-6+,20-17+. The SMILES string of the molecule is CO/N=C(/C(=O)O)c1csc(NC(=O)/C=C/c2ccc(N(C)C)cc2)c1. The van der Waals surface area contributed by atoms with E-state index in [2.05, 4.69) is 15.3 Å². The third kappa shape index (κ3) is 5.18. The molecule has 1 amide bonds. The molecule has 0 saturated carbocycles. The number of rotatable bonds is 7. The molecule has 0 unspecified atom stereocenters. The second-order valence-electron chi connectivity index (χ2n) is 5.44. The fourth-order valence-corrected chi connectivity index (χ4v) is 2.84. The number of aliphatic carboxylic acids is 1. The van der Waals surface area contributed by atoms with Crippen LogP contribution in [0.1, 0.15) is 11.1 Å². The minimum Gasteiger partial charge on any atom is -0.476 e. The van der Waals surface area contributed by atoms with Gasteiger partial charge in [-0.2, -0.15) is 0 Å². The van der Waals surface area contributed by atoms with Gasteiger partial charge in [0.2, 0.25) is 5.91 Å². The number of carbonyl (C=O) groups excluding carboxylic acids is 1. The number of thiophene rings is 1. The van der Waals surface area contributed by atoms with Gasteiger partial charge in [-0.1, -0.05) is 17.3 Å². The number of benzene rings is 1. The van der Waals surface area contributed by atoms with Gasteiger partial charge in [0.25, 0.3) is 0 Å². The smallest absolute Gasteiger partial charge is 0.358 e. The minimum absolute atomic E-state index is 0.222. The van der Waals surface area contributed by atoms with Crippen LogP contribution in [0, 0.1) is 0 Å². The number of hydrogen-bond acceptors (Lipinski definition) is 6. The molecule has 1 heterocycles. The first-order chi connectivity index (χ1) is 12.4. The summed E-state index contributed by atoms with van der Waals surface area (Å²) < 4.78 is 0. The number of carboxylic acids is 1. The van der Waals surface area contributed by atoms with Gasteiger partial charge in [-0.05, 0) is 29.8 Å². The summed E-state index contributed by atoms with van der Waals surface area (Å²) in [6.45, 7) is 0. The van der Waals surface area contributed by atoms with Gasteiger partial charge in [0.05, 0.1) is 5.00 Å². The van der Waals surface area contributed by atoms with Crippen LogP contribution in [0.25, 0.3) is 6.08 Å². The summed E-state index contributed by atoms with van der Waals surface area (Å²) in [5.41, 5.74) is 2.12. The van der Waals surface area contributed by atoms with Crippen LogP contribution >= 0.6 is 11.3 Å². The maximum absolute atomic E-state index is 12.0. The second-order valence-corrected chi connectivity index (χ2v) is 6.35. The molecule has 0 aliphatic rings. The largest absolute Gasteiger partial charge is 0.476 e. The van der Waals surface area contributed by atoms with Crippen LogP contribution in [0.3, 0.4) is 0 Å². The van der Waals surface area contributed by atoms with E-state index >= 15 is 0 Å². The molecule has 0 atom stereocenters. The highest BCUT2D eigenvalue weighted by Gasteiger charge is 2.16. The van der Waals surface area contributed by atoms with E-state index in [1.807, 2.05) is 43.3 Å². The van der Waals surface area contributed by atoms with E-state index in [-0.39, 0.29) is 11.6 Å². The van der Waals surface area contributed by atoms with E-state index in [1.54, 1.807) is 11.5 Å². The van der Waals surface area contributed by atoms with Crippen LogP contribution in [0.15, 0.2) is 46.9 Å². The molecule has 0 bridgehead atoms. The number of nitrogens with one attached hydrogen (secondary N) is 1. The lowest BCUT2D eigenvalue weighted by Crippen LogP contribution is -2.14. The van der Waals surface area contributed by atoms with Crippen molar-refractivity contribution in [2.24, 2.45) is 5.16 Å². The molecule has 0 aliphatic carbocycles. The lowest BCUT2D eigenvalue weighted by atomic mass is 10.2. The quantitative estimate of drug-likeness (QED) is 0.442. The molecule has 0 fully saturated rings. The minimum atomic E-state index is -1.21. The zero-order valence-corrected chi connectivity index (χ0v) is 15.4. The maximum Gasteiger partial charge on any atom is 0.358 e. The van der Waals surface area contributed by atoms with E-state index in [9.17, 15) is 9.59 Å². The summed E-state index contributed by atoms with van der Waals surface area (Å²) in [7, 11) is 5.19. The van der Waals surface area contributed by atoms with E-state index in [0.29, 0.717) is 10.6 Å². The zero-order valence-electron chi connectivity index (χ0n) is 14.6. The Kier molecular flexibility index (Phi) is 6.51. The predicted molar refractivity (Wildman–Crippen MR) is 104 cm³/mol. The molecule has 0 spiro atoms. The molecule has 2 aromatic rings. The van der Waals surface area contributed by atoms with Gasteiger partial charge in [-0.3, -0.25) is 4.79 Å². The number of amides is 1. The first-order valence-electron chi connectivity index (χ1n) is 7.60. The fraction of sp³-hybridized carbons (Fsp3) is 0.167. The summed E-state index contributed by atoms with van der Waals surface area (Å²) in [5, 5.41) is 17.4. The van der Waals surface area contributed by atoms with Gasteiger partial charge < -0.3 is 20.2 Å². The summed E-state index contributed by atoms with van der Waals surface area (Å²) in [5.74, 6) is -1.51. The van der Waals surface area contributed by atoms with Gasteiger partial charge in [0.15, 0.2) is 5.71 Å². The molecular formula is C18H19N3O4S. The van der Waals surface area contributed by atoms with Crippen molar-refractivity contribution in [3.8, 4) is 0 Å². The Morgan fingerprint density at radius 3 is 2.54 bits per heavy atom. The molecule has 8 heteroatoms. The molecule has 0 aliphatic heterocycles. The number of carbonyl (C=O) groups is 2. The Morgan fingerprint density at radius 2 is 1.96 bits per heavy atom. The summed E-state index contributed by atoms with van der Waals surface area (Å²) in [6.07, 6.45) is 3.13. The Morgan fingerprint density at radius 1 is 1.27 bits per heavy atom. The van der Waals surface area contributed by atoms with Crippen LogP contribution < -0.4 is 10.2 Å². The summed E-state index contributed by atoms with van der Waals surface area (Å²) in [6, 6.07) is 9.30. The Labute approximate surface area is 155 Å². The second kappa shape index (κ2) is 8.82.